The monoisotopic (exact) mass is 354 g/mol. The number of ether oxygens (including phenoxy) is 1. The van der Waals surface area contributed by atoms with Crippen LogP contribution in [0.5, 0.6) is 5.75 Å². The van der Waals surface area contributed by atoms with Gasteiger partial charge in [0.05, 0.1) is 11.0 Å². The zero-order valence-corrected chi connectivity index (χ0v) is 16.0. The van der Waals surface area contributed by atoms with Gasteiger partial charge in [-0.05, 0) is 83.3 Å². The van der Waals surface area contributed by atoms with Gasteiger partial charge in [-0.1, -0.05) is 0 Å². The van der Waals surface area contributed by atoms with Crippen molar-refractivity contribution in [2.45, 2.75) is 51.0 Å². The van der Waals surface area contributed by atoms with Gasteiger partial charge in [-0.25, -0.2) is 8.42 Å². The summed E-state index contributed by atoms with van der Waals surface area (Å²) in [6.45, 7) is 8.03. The Morgan fingerprint density at radius 2 is 1.96 bits per heavy atom. The van der Waals surface area contributed by atoms with Crippen LogP contribution < -0.4 is 10.1 Å². The highest BCUT2D eigenvalue weighted by Gasteiger charge is 2.29. The van der Waals surface area contributed by atoms with E-state index in [0.29, 0.717) is 23.9 Å². The van der Waals surface area contributed by atoms with Crippen molar-refractivity contribution < 1.29 is 13.2 Å². The molecule has 1 heterocycles. The van der Waals surface area contributed by atoms with Crippen LogP contribution in [0.3, 0.4) is 0 Å². The van der Waals surface area contributed by atoms with E-state index in [4.69, 9.17) is 4.74 Å². The lowest BCUT2D eigenvalue weighted by molar-refractivity contribution is 0.240. The van der Waals surface area contributed by atoms with Crippen LogP contribution in [0.15, 0.2) is 23.1 Å². The highest BCUT2D eigenvalue weighted by molar-refractivity contribution is 7.89. The Balaban J connectivity index is 2.07. The number of hydrogen-bond acceptors (Lipinski definition) is 4. The first-order valence-corrected chi connectivity index (χ1v) is 10.2. The minimum Gasteiger partial charge on any atom is -0.491 e. The second-order valence-corrected chi connectivity index (χ2v) is 8.77. The van der Waals surface area contributed by atoms with Crippen molar-refractivity contribution in [1.29, 1.82) is 0 Å². The van der Waals surface area contributed by atoms with Gasteiger partial charge in [0.25, 0.3) is 0 Å². The van der Waals surface area contributed by atoms with Crippen LogP contribution in [0, 0.1) is 12.8 Å². The first-order chi connectivity index (χ1) is 11.3. The lowest BCUT2D eigenvalue weighted by Crippen LogP contribution is -2.38. The summed E-state index contributed by atoms with van der Waals surface area (Å²) < 4.78 is 33.1. The summed E-state index contributed by atoms with van der Waals surface area (Å²) in [6.07, 6.45) is 3.07. The fraction of sp³-hybridized carbons (Fsp3) is 0.667. The first kappa shape index (κ1) is 19.2. The number of aryl methyl sites for hydroxylation is 1. The molecule has 136 valence electrons. The Labute approximate surface area is 146 Å². The van der Waals surface area contributed by atoms with Crippen molar-refractivity contribution in [3.05, 3.63) is 23.8 Å². The molecule has 0 aromatic heterocycles. The molecule has 1 aromatic rings. The second-order valence-electron chi connectivity index (χ2n) is 6.83. The summed E-state index contributed by atoms with van der Waals surface area (Å²) in [4.78, 5) is 0.366. The number of piperidine rings is 1. The molecule has 0 aliphatic carbocycles. The summed E-state index contributed by atoms with van der Waals surface area (Å²) in [5.41, 5.74) is 0.855. The summed E-state index contributed by atoms with van der Waals surface area (Å²) in [6, 6.07) is 5.15. The SMILES string of the molecule is CNCCC1CCN(S(=O)(=O)c2ccc(OC(C)C)c(C)c2)CC1. The normalized spacial score (nSPS) is 17.4. The topological polar surface area (TPSA) is 58.6 Å². The van der Waals surface area contributed by atoms with Crippen molar-refractivity contribution in [2.24, 2.45) is 5.92 Å². The van der Waals surface area contributed by atoms with E-state index in [1.165, 1.54) is 0 Å². The Hall–Kier alpha value is -1.11. The molecule has 5 nitrogen and oxygen atoms in total. The summed E-state index contributed by atoms with van der Waals surface area (Å²) in [7, 11) is -1.46. The number of benzene rings is 1. The minimum atomic E-state index is -3.41. The van der Waals surface area contributed by atoms with Crippen molar-refractivity contribution in [2.75, 3.05) is 26.7 Å². The van der Waals surface area contributed by atoms with Gasteiger partial charge in [-0.3, -0.25) is 0 Å². The van der Waals surface area contributed by atoms with Crippen molar-refractivity contribution >= 4 is 10.0 Å². The second kappa shape index (κ2) is 8.32. The van der Waals surface area contributed by atoms with Crippen molar-refractivity contribution in [1.82, 2.24) is 9.62 Å². The van der Waals surface area contributed by atoms with Crippen LogP contribution in [0.2, 0.25) is 0 Å². The van der Waals surface area contributed by atoms with E-state index in [9.17, 15) is 8.42 Å². The highest BCUT2D eigenvalue weighted by atomic mass is 32.2. The number of sulfonamides is 1. The van der Waals surface area contributed by atoms with Gasteiger partial charge in [-0.2, -0.15) is 4.31 Å². The molecule has 1 aromatic carbocycles. The molecule has 1 saturated heterocycles. The van der Waals surface area contributed by atoms with E-state index in [-0.39, 0.29) is 6.10 Å². The quantitative estimate of drug-likeness (QED) is 0.818. The maximum Gasteiger partial charge on any atom is 0.243 e. The van der Waals surface area contributed by atoms with Gasteiger partial charge in [0.1, 0.15) is 5.75 Å². The third kappa shape index (κ3) is 4.71. The van der Waals surface area contributed by atoms with Gasteiger partial charge in [0, 0.05) is 13.1 Å². The number of hydrogen-bond donors (Lipinski definition) is 1. The Bertz CT molecular complexity index is 636. The van der Waals surface area contributed by atoms with Crippen LogP contribution in [0.4, 0.5) is 0 Å². The fourth-order valence-electron chi connectivity index (χ4n) is 3.10. The van der Waals surface area contributed by atoms with E-state index in [1.54, 1.807) is 22.5 Å². The number of nitrogens with zero attached hydrogens (tertiary/aromatic N) is 1. The maximum absolute atomic E-state index is 12.9. The Kier molecular flexibility index (Phi) is 6.66. The molecule has 1 aliphatic heterocycles. The van der Waals surface area contributed by atoms with E-state index in [1.807, 2.05) is 27.8 Å². The van der Waals surface area contributed by atoms with Gasteiger partial charge in [0.15, 0.2) is 0 Å². The summed E-state index contributed by atoms with van der Waals surface area (Å²) in [5.74, 6) is 1.36. The van der Waals surface area contributed by atoms with Crippen LogP contribution in [0.1, 0.15) is 38.7 Å². The lowest BCUT2D eigenvalue weighted by Gasteiger charge is -2.31. The largest absolute Gasteiger partial charge is 0.491 e. The molecule has 6 heteroatoms. The van der Waals surface area contributed by atoms with Gasteiger partial charge in [-0.15, -0.1) is 0 Å². The maximum atomic E-state index is 12.9. The van der Waals surface area contributed by atoms with Crippen molar-refractivity contribution in [3.8, 4) is 5.75 Å². The Morgan fingerprint density at radius 3 is 2.50 bits per heavy atom. The lowest BCUT2D eigenvalue weighted by atomic mass is 9.95. The molecule has 24 heavy (non-hydrogen) atoms. The molecule has 0 bridgehead atoms. The molecule has 1 N–H and O–H groups in total. The molecule has 0 radical (unpaired) electrons. The molecule has 2 rings (SSSR count). The predicted octanol–water partition coefficient (Wildman–Crippen LogP) is 2.79. The van der Waals surface area contributed by atoms with Crippen LogP contribution in [-0.2, 0) is 10.0 Å². The van der Waals surface area contributed by atoms with Gasteiger partial charge < -0.3 is 10.1 Å². The molecular formula is C18H30N2O3S. The van der Waals surface area contributed by atoms with Crippen LogP contribution >= 0.6 is 0 Å². The predicted molar refractivity (Wildman–Crippen MR) is 97.0 cm³/mol. The number of nitrogens with one attached hydrogen (secondary N) is 1. The molecular weight excluding hydrogens is 324 g/mol. The summed E-state index contributed by atoms with van der Waals surface area (Å²) >= 11 is 0. The summed E-state index contributed by atoms with van der Waals surface area (Å²) in [5, 5.41) is 3.16. The molecule has 0 saturated carbocycles. The van der Waals surface area contributed by atoms with Crippen LogP contribution in [-0.4, -0.2) is 45.5 Å². The van der Waals surface area contributed by atoms with Gasteiger partial charge >= 0.3 is 0 Å². The van der Waals surface area contributed by atoms with Crippen LogP contribution in [0.25, 0.3) is 0 Å². The van der Waals surface area contributed by atoms with E-state index < -0.39 is 10.0 Å². The van der Waals surface area contributed by atoms with E-state index in [0.717, 1.165) is 37.1 Å². The molecule has 0 unspecified atom stereocenters. The average molecular weight is 355 g/mol. The average Bonchev–Trinajstić information content (AvgIpc) is 2.54. The van der Waals surface area contributed by atoms with E-state index >= 15 is 0 Å². The first-order valence-electron chi connectivity index (χ1n) is 8.76. The standard InChI is InChI=1S/C18H30N2O3S/c1-14(2)23-18-6-5-17(13-15(18)3)24(21,22)20-11-8-16(9-12-20)7-10-19-4/h5-6,13-14,16,19H,7-12H2,1-4H3. The zero-order valence-electron chi connectivity index (χ0n) is 15.2. The third-order valence-corrected chi connectivity index (χ3v) is 6.42. The fourth-order valence-corrected chi connectivity index (χ4v) is 4.66. The van der Waals surface area contributed by atoms with Gasteiger partial charge in [0.2, 0.25) is 10.0 Å². The molecule has 0 atom stereocenters. The molecule has 0 spiro atoms. The third-order valence-electron chi connectivity index (χ3n) is 4.52. The minimum absolute atomic E-state index is 0.0720. The molecule has 1 aliphatic rings. The van der Waals surface area contributed by atoms with Crippen molar-refractivity contribution in [3.63, 3.8) is 0 Å². The van der Waals surface area contributed by atoms with E-state index in [2.05, 4.69) is 5.32 Å². The highest BCUT2D eigenvalue weighted by Crippen LogP contribution is 2.28. The number of rotatable bonds is 7. The molecule has 1 fully saturated rings. The Morgan fingerprint density at radius 1 is 1.29 bits per heavy atom. The molecule has 0 amide bonds. The smallest absolute Gasteiger partial charge is 0.243 e. The zero-order chi connectivity index (χ0) is 17.7.